The molecule has 1 atom stereocenters. The van der Waals surface area contributed by atoms with Crippen LogP contribution in [0.1, 0.15) is 12.8 Å². The van der Waals surface area contributed by atoms with Crippen LogP contribution in [0, 0.1) is 5.92 Å². The minimum Gasteiger partial charge on any atom is -0.301 e. The van der Waals surface area contributed by atoms with E-state index in [0.717, 1.165) is 24.3 Å². The maximum atomic E-state index is 4.22. The zero-order valence-corrected chi connectivity index (χ0v) is 10.6. The first kappa shape index (κ1) is 11.1. The van der Waals surface area contributed by atoms with Crippen molar-refractivity contribution in [1.82, 2.24) is 14.7 Å². The van der Waals surface area contributed by atoms with Crippen molar-refractivity contribution >= 4 is 15.9 Å². The Balaban J connectivity index is 1.69. The highest BCUT2D eigenvalue weighted by atomic mass is 79.9. The Morgan fingerprint density at radius 1 is 1.40 bits per heavy atom. The topological polar surface area (TPSA) is 21.1 Å². The first-order valence-corrected chi connectivity index (χ1v) is 6.76. The molecule has 84 valence electrons. The van der Waals surface area contributed by atoms with Crippen LogP contribution in [-0.4, -0.2) is 39.6 Å². The van der Waals surface area contributed by atoms with E-state index >= 15 is 0 Å². The number of rotatable bonds is 5. The molecule has 2 heterocycles. The number of nitrogens with zero attached hydrogens (tertiary/aromatic N) is 3. The van der Waals surface area contributed by atoms with Crippen LogP contribution in [0.2, 0.25) is 0 Å². The van der Waals surface area contributed by atoms with E-state index in [0.29, 0.717) is 0 Å². The minimum atomic E-state index is 0.905. The van der Waals surface area contributed by atoms with Crippen LogP contribution in [0.25, 0.3) is 0 Å². The van der Waals surface area contributed by atoms with Gasteiger partial charge in [0, 0.05) is 30.8 Å². The van der Waals surface area contributed by atoms with Crippen molar-refractivity contribution in [3.05, 3.63) is 18.5 Å². The van der Waals surface area contributed by atoms with Crippen molar-refractivity contribution in [3.63, 3.8) is 0 Å². The average molecular weight is 272 g/mol. The third kappa shape index (κ3) is 3.31. The molecule has 1 fully saturated rings. The van der Waals surface area contributed by atoms with Gasteiger partial charge in [-0.15, -0.1) is 0 Å². The van der Waals surface area contributed by atoms with Gasteiger partial charge in [-0.25, -0.2) is 0 Å². The fraction of sp³-hybridized carbons (Fsp3) is 0.727. The van der Waals surface area contributed by atoms with Crippen LogP contribution in [-0.2, 0) is 6.54 Å². The third-order valence-corrected chi connectivity index (χ3v) is 3.55. The van der Waals surface area contributed by atoms with E-state index in [1.54, 1.807) is 0 Å². The van der Waals surface area contributed by atoms with Gasteiger partial charge in [-0.2, -0.15) is 5.10 Å². The van der Waals surface area contributed by atoms with E-state index < -0.39 is 0 Å². The first-order chi connectivity index (χ1) is 7.38. The number of hydrogen-bond acceptors (Lipinski definition) is 2. The van der Waals surface area contributed by atoms with Crippen molar-refractivity contribution < 1.29 is 0 Å². The summed E-state index contributed by atoms with van der Waals surface area (Å²) in [6, 6.07) is 1.98. The van der Waals surface area contributed by atoms with Gasteiger partial charge in [-0.1, -0.05) is 15.9 Å². The molecule has 0 spiro atoms. The molecule has 0 saturated carbocycles. The van der Waals surface area contributed by atoms with Gasteiger partial charge in [-0.3, -0.25) is 4.68 Å². The Bertz CT molecular complexity index is 273. The molecule has 2 rings (SSSR count). The van der Waals surface area contributed by atoms with E-state index in [9.17, 15) is 0 Å². The molecule has 4 heteroatoms. The second kappa shape index (κ2) is 5.66. The lowest BCUT2D eigenvalue weighted by molar-refractivity contribution is 0.303. The molecule has 1 aromatic rings. The molecule has 3 nitrogen and oxygen atoms in total. The molecule has 1 unspecified atom stereocenters. The normalized spacial score (nSPS) is 22.3. The summed E-state index contributed by atoms with van der Waals surface area (Å²) in [6.07, 6.45) is 6.56. The Labute approximate surface area is 99.6 Å². The van der Waals surface area contributed by atoms with Crippen molar-refractivity contribution in [1.29, 1.82) is 0 Å². The summed E-state index contributed by atoms with van der Waals surface area (Å²) >= 11 is 3.52. The van der Waals surface area contributed by atoms with Crippen molar-refractivity contribution in [2.45, 2.75) is 19.4 Å². The fourth-order valence-corrected chi connectivity index (χ4v) is 2.83. The Kier molecular flexibility index (Phi) is 4.20. The van der Waals surface area contributed by atoms with Gasteiger partial charge in [0.1, 0.15) is 0 Å². The molecule has 1 aromatic heterocycles. The first-order valence-electron chi connectivity index (χ1n) is 5.64. The van der Waals surface area contributed by atoms with Crippen LogP contribution in [0.15, 0.2) is 18.5 Å². The summed E-state index contributed by atoms with van der Waals surface area (Å²) < 4.78 is 2.01. The summed E-state index contributed by atoms with van der Waals surface area (Å²) in [5, 5.41) is 5.36. The van der Waals surface area contributed by atoms with Crippen LogP contribution in [0.4, 0.5) is 0 Å². The van der Waals surface area contributed by atoms with Crippen molar-refractivity contribution in [3.8, 4) is 0 Å². The summed E-state index contributed by atoms with van der Waals surface area (Å²) in [4.78, 5) is 2.55. The van der Waals surface area contributed by atoms with Crippen LogP contribution in [0.3, 0.4) is 0 Å². The predicted molar refractivity (Wildman–Crippen MR) is 65.2 cm³/mol. The lowest BCUT2D eigenvalue weighted by atomic mass is 10.1. The van der Waals surface area contributed by atoms with Crippen molar-refractivity contribution in [2.24, 2.45) is 5.92 Å². The molecule has 0 radical (unpaired) electrons. The quantitative estimate of drug-likeness (QED) is 0.764. The number of aromatic nitrogens is 2. The maximum Gasteiger partial charge on any atom is 0.0536 e. The molecule has 15 heavy (non-hydrogen) atoms. The molecule has 1 aliphatic rings. The van der Waals surface area contributed by atoms with Gasteiger partial charge in [-0.05, 0) is 31.4 Å². The van der Waals surface area contributed by atoms with Gasteiger partial charge in [0.2, 0.25) is 0 Å². The third-order valence-electron chi connectivity index (χ3n) is 3.09. The lowest BCUT2D eigenvalue weighted by Gasteiger charge is -2.15. The van der Waals surface area contributed by atoms with E-state index in [2.05, 4.69) is 25.9 Å². The summed E-state index contributed by atoms with van der Waals surface area (Å²) in [6.45, 7) is 4.69. The Hall–Kier alpha value is -0.350. The number of alkyl halides is 1. The van der Waals surface area contributed by atoms with Crippen molar-refractivity contribution in [2.75, 3.05) is 25.0 Å². The summed E-state index contributed by atoms with van der Waals surface area (Å²) in [7, 11) is 0. The molecule has 0 aliphatic carbocycles. The highest BCUT2D eigenvalue weighted by molar-refractivity contribution is 9.09. The number of hydrogen-bond donors (Lipinski definition) is 0. The minimum absolute atomic E-state index is 0.905. The van der Waals surface area contributed by atoms with Gasteiger partial charge >= 0.3 is 0 Å². The van der Waals surface area contributed by atoms with Crippen LogP contribution in [0.5, 0.6) is 0 Å². The standard InChI is InChI=1S/C11H18BrN3/c12-4-2-11-3-7-14(10-11)8-9-15-6-1-5-13-15/h1,5-6,11H,2-4,7-10H2. The molecular weight excluding hydrogens is 254 g/mol. The highest BCUT2D eigenvalue weighted by Gasteiger charge is 2.21. The summed E-state index contributed by atoms with van der Waals surface area (Å²) in [5.41, 5.74) is 0. The lowest BCUT2D eigenvalue weighted by Crippen LogP contribution is -2.25. The molecule has 0 bridgehead atoms. The summed E-state index contributed by atoms with van der Waals surface area (Å²) in [5.74, 6) is 0.905. The Morgan fingerprint density at radius 3 is 3.07 bits per heavy atom. The molecule has 0 aromatic carbocycles. The number of halogens is 1. The zero-order chi connectivity index (χ0) is 10.5. The van der Waals surface area contributed by atoms with Gasteiger partial charge < -0.3 is 4.90 Å². The Morgan fingerprint density at radius 2 is 2.33 bits per heavy atom. The fourth-order valence-electron chi connectivity index (χ4n) is 2.18. The average Bonchev–Trinajstić information content (AvgIpc) is 2.85. The monoisotopic (exact) mass is 271 g/mol. The molecule has 0 amide bonds. The maximum absolute atomic E-state index is 4.22. The molecule has 0 N–H and O–H groups in total. The van der Waals surface area contributed by atoms with Crippen LogP contribution >= 0.6 is 15.9 Å². The van der Waals surface area contributed by atoms with Gasteiger partial charge in [0.15, 0.2) is 0 Å². The van der Waals surface area contributed by atoms with E-state index in [-0.39, 0.29) is 0 Å². The zero-order valence-electron chi connectivity index (χ0n) is 8.98. The SMILES string of the molecule is BrCCC1CCN(CCn2cccn2)C1. The molecular formula is C11H18BrN3. The molecule has 1 saturated heterocycles. The highest BCUT2D eigenvalue weighted by Crippen LogP contribution is 2.19. The van der Waals surface area contributed by atoms with Crippen LogP contribution < -0.4 is 0 Å². The second-order valence-electron chi connectivity index (χ2n) is 4.20. The van der Waals surface area contributed by atoms with Gasteiger partial charge in [0.25, 0.3) is 0 Å². The largest absolute Gasteiger partial charge is 0.301 e. The van der Waals surface area contributed by atoms with E-state index in [1.165, 1.54) is 25.9 Å². The van der Waals surface area contributed by atoms with E-state index in [4.69, 9.17) is 0 Å². The second-order valence-corrected chi connectivity index (χ2v) is 5.00. The molecule has 1 aliphatic heterocycles. The number of likely N-dealkylation sites (tertiary alicyclic amines) is 1. The smallest absolute Gasteiger partial charge is 0.0536 e. The van der Waals surface area contributed by atoms with Gasteiger partial charge in [0.05, 0.1) is 6.54 Å². The predicted octanol–water partition coefficient (Wildman–Crippen LogP) is 1.99. The van der Waals surface area contributed by atoms with E-state index in [1.807, 2.05) is 23.1 Å².